The van der Waals surface area contributed by atoms with Gasteiger partial charge in [-0.1, -0.05) is 29.8 Å². The first-order valence-electron chi connectivity index (χ1n) is 5.90. The highest BCUT2D eigenvalue weighted by Gasteiger charge is 2.17. The molecule has 1 unspecified atom stereocenters. The van der Waals surface area contributed by atoms with Gasteiger partial charge in [0.2, 0.25) is 0 Å². The molecule has 3 N–H and O–H groups in total. The van der Waals surface area contributed by atoms with Crippen molar-refractivity contribution in [1.29, 1.82) is 0 Å². The van der Waals surface area contributed by atoms with Crippen LogP contribution in [0.25, 0.3) is 0 Å². The Kier molecular flexibility index (Phi) is 5.37. The number of hydrazine groups is 1. The van der Waals surface area contributed by atoms with E-state index in [9.17, 15) is 8.78 Å². The molecule has 0 saturated heterocycles. The molecule has 0 aliphatic carbocycles. The Morgan fingerprint density at radius 1 is 1.20 bits per heavy atom. The Hall–Kier alpha value is -1.14. The topological polar surface area (TPSA) is 38.0 Å². The highest BCUT2D eigenvalue weighted by atomic mass is 35.5. The number of nitrogens with one attached hydrogen (secondary N) is 1. The lowest BCUT2D eigenvalue weighted by Crippen LogP contribution is -2.30. The van der Waals surface area contributed by atoms with Crippen LogP contribution in [-0.4, -0.2) is 5.75 Å². The number of rotatable bonds is 5. The van der Waals surface area contributed by atoms with E-state index in [1.54, 1.807) is 6.07 Å². The lowest BCUT2D eigenvalue weighted by atomic mass is 10.1. The van der Waals surface area contributed by atoms with Crippen molar-refractivity contribution in [3.63, 3.8) is 0 Å². The van der Waals surface area contributed by atoms with Crippen molar-refractivity contribution in [3.05, 3.63) is 64.7 Å². The Balaban J connectivity index is 2.11. The molecule has 2 aromatic carbocycles. The molecule has 0 saturated carbocycles. The van der Waals surface area contributed by atoms with Crippen LogP contribution in [0.15, 0.2) is 47.4 Å². The number of halogens is 3. The summed E-state index contributed by atoms with van der Waals surface area (Å²) < 4.78 is 27.0. The van der Waals surface area contributed by atoms with Crippen LogP contribution in [0.2, 0.25) is 5.02 Å². The summed E-state index contributed by atoms with van der Waals surface area (Å²) in [5.74, 6) is 4.14. The summed E-state index contributed by atoms with van der Waals surface area (Å²) in [6.07, 6.45) is 0. The lowest BCUT2D eigenvalue weighted by Gasteiger charge is -2.17. The number of benzene rings is 2. The second-order valence-corrected chi connectivity index (χ2v) is 5.66. The van der Waals surface area contributed by atoms with Gasteiger partial charge in [0.05, 0.1) is 6.04 Å². The molecule has 1 atom stereocenters. The van der Waals surface area contributed by atoms with E-state index in [0.29, 0.717) is 10.8 Å². The monoisotopic (exact) mass is 314 g/mol. The summed E-state index contributed by atoms with van der Waals surface area (Å²) in [6, 6.07) is 10.9. The van der Waals surface area contributed by atoms with Gasteiger partial charge in [-0.2, -0.15) is 0 Å². The largest absolute Gasteiger partial charge is 0.271 e. The van der Waals surface area contributed by atoms with Gasteiger partial charge in [0.25, 0.3) is 0 Å². The molecule has 0 fully saturated rings. The second-order valence-electron chi connectivity index (χ2n) is 4.13. The standard InChI is InChI=1S/C14H13ClF2N2S/c15-9-3-1-4-10(7-9)20-8-13(19-18)11-5-2-6-12(16)14(11)17/h1-7,13,19H,8,18H2. The van der Waals surface area contributed by atoms with Crippen molar-refractivity contribution in [2.24, 2.45) is 5.84 Å². The van der Waals surface area contributed by atoms with Gasteiger partial charge >= 0.3 is 0 Å². The van der Waals surface area contributed by atoms with Gasteiger partial charge in [-0.15, -0.1) is 11.8 Å². The molecule has 2 rings (SSSR count). The van der Waals surface area contributed by atoms with Crippen LogP contribution in [0.1, 0.15) is 11.6 Å². The van der Waals surface area contributed by atoms with Gasteiger partial charge in [0.15, 0.2) is 11.6 Å². The SMILES string of the molecule is NNC(CSc1cccc(Cl)c1)c1cccc(F)c1F. The lowest BCUT2D eigenvalue weighted by molar-refractivity contribution is 0.478. The Morgan fingerprint density at radius 2 is 1.95 bits per heavy atom. The molecular weight excluding hydrogens is 302 g/mol. The number of thioether (sulfide) groups is 1. The van der Waals surface area contributed by atoms with Crippen LogP contribution in [0.5, 0.6) is 0 Å². The maximum atomic E-state index is 13.7. The van der Waals surface area contributed by atoms with Gasteiger partial charge in [0, 0.05) is 21.2 Å². The number of hydrogen-bond acceptors (Lipinski definition) is 3. The van der Waals surface area contributed by atoms with Gasteiger partial charge in [-0.05, 0) is 24.3 Å². The first-order chi connectivity index (χ1) is 9.61. The molecule has 0 radical (unpaired) electrons. The van der Waals surface area contributed by atoms with Crippen molar-refractivity contribution in [1.82, 2.24) is 5.43 Å². The highest BCUT2D eigenvalue weighted by molar-refractivity contribution is 7.99. The van der Waals surface area contributed by atoms with Gasteiger partial charge in [-0.25, -0.2) is 8.78 Å². The van der Waals surface area contributed by atoms with E-state index in [0.717, 1.165) is 11.0 Å². The van der Waals surface area contributed by atoms with Gasteiger partial charge in [0.1, 0.15) is 0 Å². The molecule has 20 heavy (non-hydrogen) atoms. The molecule has 0 aliphatic heterocycles. The Labute approximate surface area is 125 Å². The molecule has 0 bridgehead atoms. The van der Waals surface area contributed by atoms with Crippen molar-refractivity contribution in [2.45, 2.75) is 10.9 Å². The van der Waals surface area contributed by atoms with E-state index in [1.807, 2.05) is 18.2 Å². The molecule has 0 aliphatic rings. The summed E-state index contributed by atoms with van der Waals surface area (Å²) in [4.78, 5) is 0.939. The fourth-order valence-corrected chi connectivity index (χ4v) is 3.03. The predicted octanol–water partition coefficient (Wildman–Crippen LogP) is 3.91. The third-order valence-electron chi connectivity index (χ3n) is 2.77. The third-order valence-corrected chi connectivity index (χ3v) is 4.09. The number of nitrogens with two attached hydrogens (primary N) is 1. The molecule has 0 spiro atoms. The summed E-state index contributed by atoms with van der Waals surface area (Å²) in [5.41, 5.74) is 2.72. The Bertz CT molecular complexity index is 595. The zero-order valence-corrected chi connectivity index (χ0v) is 12.0. The maximum Gasteiger partial charge on any atom is 0.163 e. The average molecular weight is 315 g/mol. The van der Waals surface area contributed by atoms with Gasteiger partial charge in [-0.3, -0.25) is 11.3 Å². The molecule has 2 nitrogen and oxygen atoms in total. The molecule has 0 amide bonds. The molecular formula is C14H13ClF2N2S. The zero-order chi connectivity index (χ0) is 14.5. The predicted molar refractivity (Wildman–Crippen MR) is 78.6 cm³/mol. The van der Waals surface area contributed by atoms with Crippen LogP contribution in [-0.2, 0) is 0 Å². The minimum absolute atomic E-state index is 0.210. The molecule has 2 aromatic rings. The quantitative estimate of drug-likeness (QED) is 0.499. The minimum atomic E-state index is -0.879. The van der Waals surface area contributed by atoms with Crippen LogP contribution in [0.3, 0.4) is 0 Å². The van der Waals surface area contributed by atoms with Crippen LogP contribution in [0, 0.1) is 11.6 Å². The molecule has 106 valence electrons. The molecule has 6 heteroatoms. The summed E-state index contributed by atoms with van der Waals surface area (Å²) in [7, 11) is 0. The van der Waals surface area contributed by atoms with E-state index in [-0.39, 0.29) is 5.56 Å². The summed E-state index contributed by atoms with van der Waals surface area (Å²) in [6.45, 7) is 0. The summed E-state index contributed by atoms with van der Waals surface area (Å²) in [5, 5.41) is 0.629. The van der Waals surface area contributed by atoms with E-state index in [4.69, 9.17) is 17.4 Å². The maximum absolute atomic E-state index is 13.7. The van der Waals surface area contributed by atoms with Crippen LogP contribution < -0.4 is 11.3 Å². The zero-order valence-electron chi connectivity index (χ0n) is 10.4. The van der Waals surface area contributed by atoms with E-state index in [2.05, 4.69) is 5.43 Å². The van der Waals surface area contributed by atoms with Crippen molar-refractivity contribution < 1.29 is 8.78 Å². The first kappa shape index (κ1) is 15.3. The molecule has 0 heterocycles. The van der Waals surface area contributed by atoms with E-state index >= 15 is 0 Å². The van der Waals surface area contributed by atoms with Crippen molar-refractivity contribution in [3.8, 4) is 0 Å². The highest BCUT2D eigenvalue weighted by Crippen LogP contribution is 2.27. The average Bonchev–Trinajstić information content (AvgIpc) is 2.44. The van der Waals surface area contributed by atoms with Gasteiger partial charge < -0.3 is 0 Å². The van der Waals surface area contributed by atoms with Crippen molar-refractivity contribution >= 4 is 23.4 Å². The van der Waals surface area contributed by atoms with E-state index < -0.39 is 17.7 Å². The fraction of sp³-hybridized carbons (Fsp3) is 0.143. The van der Waals surface area contributed by atoms with E-state index in [1.165, 1.54) is 23.9 Å². The van der Waals surface area contributed by atoms with Crippen LogP contribution >= 0.6 is 23.4 Å². The minimum Gasteiger partial charge on any atom is -0.271 e. The second kappa shape index (κ2) is 7.04. The van der Waals surface area contributed by atoms with Crippen molar-refractivity contribution in [2.75, 3.05) is 5.75 Å². The van der Waals surface area contributed by atoms with Crippen LogP contribution in [0.4, 0.5) is 8.78 Å². The fourth-order valence-electron chi connectivity index (χ4n) is 1.75. The summed E-state index contributed by atoms with van der Waals surface area (Å²) >= 11 is 7.35. The third kappa shape index (κ3) is 3.70. The first-order valence-corrected chi connectivity index (χ1v) is 7.26. The normalized spacial score (nSPS) is 12.4. The Morgan fingerprint density at radius 3 is 2.65 bits per heavy atom. The smallest absolute Gasteiger partial charge is 0.163 e. The molecule has 0 aromatic heterocycles. The number of hydrogen-bond donors (Lipinski definition) is 2.